The van der Waals surface area contributed by atoms with E-state index < -0.39 is 16.8 Å². The molecule has 5 nitrogen and oxygen atoms in total. The predicted molar refractivity (Wildman–Crippen MR) is 73.2 cm³/mol. The van der Waals surface area contributed by atoms with E-state index in [4.69, 9.17) is 5.26 Å². The molecule has 2 N–H and O–H groups in total. The van der Waals surface area contributed by atoms with E-state index in [1.807, 2.05) is 6.07 Å². The van der Waals surface area contributed by atoms with Gasteiger partial charge in [0, 0.05) is 5.69 Å². The lowest BCUT2D eigenvalue weighted by Crippen LogP contribution is -3.12. The Hall–Kier alpha value is -2.35. The Morgan fingerprint density at radius 2 is 1.59 bits per heavy atom. The molecule has 5 heteroatoms. The van der Waals surface area contributed by atoms with Crippen molar-refractivity contribution in [3.05, 3.63) is 29.8 Å². The molecule has 0 heterocycles. The molecule has 0 saturated heterocycles. The maximum absolute atomic E-state index is 12.8. The van der Waals surface area contributed by atoms with Crippen molar-refractivity contribution >= 4 is 17.6 Å². The zero-order valence-corrected chi connectivity index (χ0v) is 11.5. The zero-order valence-electron chi connectivity index (χ0n) is 11.5. The summed E-state index contributed by atoms with van der Waals surface area (Å²) in [6.45, 7) is 0. The van der Waals surface area contributed by atoms with Gasteiger partial charge in [-0.25, -0.2) is 0 Å². The summed E-state index contributed by atoms with van der Waals surface area (Å²) in [5.74, 6) is 1.58. The number of amides is 1. The molecule has 7 rings (SSSR count). The third kappa shape index (κ3) is 0.652. The second kappa shape index (κ2) is 2.79. The Morgan fingerprint density at radius 3 is 2.09 bits per heavy atom. The summed E-state index contributed by atoms with van der Waals surface area (Å²) >= 11 is 0. The minimum Gasteiger partial charge on any atom is -0.481 e. The highest BCUT2D eigenvalue weighted by Gasteiger charge is 3.14. The van der Waals surface area contributed by atoms with Crippen LogP contribution in [0.25, 0.3) is 0 Å². The van der Waals surface area contributed by atoms with E-state index in [-0.39, 0.29) is 17.7 Å². The summed E-state index contributed by atoms with van der Waals surface area (Å²) < 4.78 is 0. The van der Waals surface area contributed by atoms with Crippen molar-refractivity contribution in [2.24, 2.45) is 46.3 Å². The van der Waals surface area contributed by atoms with Crippen LogP contribution in [0, 0.1) is 57.7 Å². The van der Waals surface area contributed by atoms with Gasteiger partial charge in [0.25, 0.3) is 0 Å². The quantitative estimate of drug-likeness (QED) is 0.879. The van der Waals surface area contributed by atoms with Crippen LogP contribution in [0.4, 0.5) is 5.69 Å². The van der Waals surface area contributed by atoms with Crippen molar-refractivity contribution in [3.63, 3.8) is 0 Å². The third-order valence-corrected chi connectivity index (χ3v) is 7.67. The molecule has 4 unspecified atom stereocenters. The Morgan fingerprint density at radius 1 is 1.05 bits per heavy atom. The minimum absolute atomic E-state index is 0.114. The fourth-order valence-corrected chi connectivity index (χ4v) is 7.35. The van der Waals surface area contributed by atoms with Crippen molar-refractivity contribution in [2.45, 2.75) is 0 Å². The molecule has 0 spiro atoms. The van der Waals surface area contributed by atoms with E-state index >= 15 is 0 Å². The number of benzene rings is 1. The number of rotatable bonds is 3. The summed E-state index contributed by atoms with van der Waals surface area (Å²) in [4.78, 5) is 24.6. The van der Waals surface area contributed by atoms with E-state index in [0.29, 0.717) is 34.9 Å². The van der Waals surface area contributed by atoms with E-state index in [9.17, 15) is 14.7 Å². The van der Waals surface area contributed by atoms with E-state index in [1.54, 1.807) is 24.3 Å². The molecule has 0 bridgehead atoms. The first-order chi connectivity index (χ1) is 10.6. The van der Waals surface area contributed by atoms with E-state index in [1.165, 1.54) is 0 Å². The molecule has 6 saturated carbocycles. The molecule has 108 valence electrons. The molecule has 1 aromatic rings. The highest BCUT2D eigenvalue weighted by Crippen LogP contribution is 3.10. The Labute approximate surface area is 125 Å². The molecule has 6 fully saturated rings. The van der Waals surface area contributed by atoms with Crippen LogP contribution in [0.15, 0.2) is 24.3 Å². The van der Waals surface area contributed by atoms with E-state index in [2.05, 4.69) is 5.32 Å². The molecule has 1 aromatic carbocycles. The van der Waals surface area contributed by atoms with Crippen molar-refractivity contribution in [1.29, 1.82) is 5.26 Å². The lowest BCUT2D eigenvalue weighted by atomic mass is 8.92. The van der Waals surface area contributed by atoms with Gasteiger partial charge < -0.3 is 10.4 Å². The van der Waals surface area contributed by atoms with Crippen LogP contribution in [-0.4, -0.2) is 17.0 Å². The molecule has 0 aliphatic heterocycles. The number of carbonyl (C=O) groups is 2. The number of hydrogen-bond acceptors (Lipinski definition) is 3. The van der Waals surface area contributed by atoms with Crippen LogP contribution in [-0.2, 0) is 9.59 Å². The molecular weight excluding hydrogens is 280 g/mol. The van der Waals surface area contributed by atoms with Crippen LogP contribution in [0.2, 0.25) is 0 Å². The van der Waals surface area contributed by atoms with Crippen LogP contribution in [0.1, 0.15) is 5.56 Å². The first-order valence-electron chi connectivity index (χ1n) is 7.66. The number of carboxylic acid groups (broad SMARTS) is 1. The minimum atomic E-state index is -0.764. The number of aliphatic carboxylic acids is 1. The van der Waals surface area contributed by atoms with Gasteiger partial charge in [0.1, 0.15) is 0 Å². The van der Waals surface area contributed by atoms with Crippen LogP contribution >= 0.6 is 0 Å². The summed E-state index contributed by atoms with van der Waals surface area (Å²) in [5.41, 5.74) is -0.186. The number of nitriles is 1. The van der Waals surface area contributed by atoms with Gasteiger partial charge in [0.2, 0.25) is 5.91 Å². The van der Waals surface area contributed by atoms with Crippen LogP contribution < -0.4 is 5.32 Å². The smallest absolute Gasteiger partial charge is 0.311 e. The molecule has 6 aliphatic rings. The fourth-order valence-electron chi connectivity index (χ4n) is 7.35. The van der Waals surface area contributed by atoms with Gasteiger partial charge in [-0.2, -0.15) is 5.26 Å². The molecule has 0 radical (unpaired) electrons. The van der Waals surface area contributed by atoms with Crippen molar-refractivity contribution in [2.75, 3.05) is 5.32 Å². The van der Waals surface area contributed by atoms with Crippen molar-refractivity contribution in [1.82, 2.24) is 0 Å². The van der Waals surface area contributed by atoms with Gasteiger partial charge in [-0.3, -0.25) is 9.59 Å². The van der Waals surface area contributed by atoms with Gasteiger partial charge in [-0.05, 0) is 59.8 Å². The molecular formula is C17H12N2O3. The van der Waals surface area contributed by atoms with Gasteiger partial charge in [0.05, 0.1) is 22.5 Å². The average molecular weight is 292 g/mol. The standard InChI is InChI=1S/C17H12N2O3/c18-5-6-1-3-7(4-2-6)19-14(20)16-10-8-9-12(10)17(16,15(21)22)13(9)11(8)16/h1-4,8-13H,(H,19,20)(H,21,22). The fraction of sp³-hybridized carbons (Fsp3) is 0.471. The molecule has 4 atom stereocenters. The summed E-state index contributed by atoms with van der Waals surface area (Å²) in [6, 6.07) is 8.75. The molecule has 1 amide bonds. The number of carboxylic acids is 1. The first kappa shape index (κ1) is 11.2. The van der Waals surface area contributed by atoms with Crippen molar-refractivity contribution in [3.8, 4) is 6.07 Å². The number of hydrogen-bond donors (Lipinski definition) is 2. The lowest BCUT2D eigenvalue weighted by molar-refractivity contribution is -0.627. The maximum atomic E-state index is 12.8. The number of carbonyl (C=O) groups excluding carboxylic acids is 1. The second-order valence-corrected chi connectivity index (χ2v) is 7.44. The summed E-state index contributed by atoms with van der Waals surface area (Å²) in [6.07, 6.45) is 0. The molecule has 6 aliphatic carbocycles. The van der Waals surface area contributed by atoms with Gasteiger partial charge in [0.15, 0.2) is 0 Å². The number of nitrogens with zero attached hydrogens (tertiary/aromatic N) is 1. The maximum Gasteiger partial charge on any atom is 0.311 e. The highest BCUT2D eigenvalue weighted by molar-refractivity contribution is 6.07. The Balaban J connectivity index is 1.33. The Kier molecular flexibility index (Phi) is 1.43. The van der Waals surface area contributed by atoms with Crippen LogP contribution in [0.3, 0.4) is 0 Å². The first-order valence-corrected chi connectivity index (χ1v) is 7.66. The average Bonchev–Trinajstić information content (AvgIpc) is 2.54. The number of nitrogens with one attached hydrogen (secondary N) is 1. The van der Waals surface area contributed by atoms with Crippen molar-refractivity contribution < 1.29 is 14.7 Å². The zero-order chi connectivity index (χ0) is 15.0. The highest BCUT2D eigenvalue weighted by atomic mass is 16.4. The second-order valence-electron chi connectivity index (χ2n) is 7.44. The van der Waals surface area contributed by atoms with Gasteiger partial charge in [-0.1, -0.05) is 0 Å². The predicted octanol–water partition coefficient (Wildman–Crippen LogP) is 1.32. The summed E-state index contributed by atoms with van der Waals surface area (Å²) in [7, 11) is 0. The lowest BCUT2D eigenvalue weighted by Gasteiger charge is -3.09. The molecule has 0 aromatic heterocycles. The van der Waals surface area contributed by atoms with E-state index in [0.717, 1.165) is 0 Å². The largest absolute Gasteiger partial charge is 0.481 e. The van der Waals surface area contributed by atoms with Gasteiger partial charge >= 0.3 is 5.97 Å². The monoisotopic (exact) mass is 292 g/mol. The topological polar surface area (TPSA) is 90.2 Å². The van der Waals surface area contributed by atoms with Crippen LogP contribution in [0.5, 0.6) is 0 Å². The normalized spacial score (nSPS) is 52.5. The Bertz CT molecular complexity index is 816. The summed E-state index contributed by atoms with van der Waals surface area (Å²) in [5, 5.41) is 21.4. The third-order valence-electron chi connectivity index (χ3n) is 7.67. The SMILES string of the molecule is N#Cc1ccc(NC(=O)C23C4C5C6C4C2(C(=O)O)C6C53)cc1. The van der Waals surface area contributed by atoms with Gasteiger partial charge in [-0.15, -0.1) is 0 Å². The number of anilines is 1. The molecule has 22 heavy (non-hydrogen) atoms.